The summed E-state index contributed by atoms with van der Waals surface area (Å²) in [6.07, 6.45) is 2.25. The Morgan fingerprint density at radius 1 is 1.39 bits per heavy atom. The van der Waals surface area contributed by atoms with E-state index in [2.05, 4.69) is 5.32 Å². The fraction of sp³-hybridized carbons (Fsp3) is 0.455. The highest BCUT2D eigenvalue weighted by molar-refractivity contribution is 5.39. The number of ether oxygens (including phenoxy) is 1. The first-order valence-corrected chi connectivity index (χ1v) is 5.57. The van der Waals surface area contributed by atoms with Crippen LogP contribution in [-0.4, -0.2) is 24.1 Å². The maximum atomic E-state index is 13.4. The number of rotatable bonds is 6. The molecule has 1 aliphatic rings. The third-order valence-electron chi connectivity index (χ3n) is 2.57. The van der Waals surface area contributed by atoms with Crippen LogP contribution in [0.25, 0.3) is 0 Å². The molecule has 1 saturated carbocycles. The van der Waals surface area contributed by atoms with Crippen molar-refractivity contribution < 1.29 is 18.4 Å². The Balaban J connectivity index is 1.94. The lowest BCUT2D eigenvalue weighted by Crippen LogP contribution is -2.23. The summed E-state index contributed by atoms with van der Waals surface area (Å²) in [4.78, 5) is 9.40. The van der Waals surface area contributed by atoms with Gasteiger partial charge in [-0.15, -0.1) is 0 Å². The van der Waals surface area contributed by atoms with Crippen molar-refractivity contribution in [3.8, 4) is 5.75 Å². The maximum Gasteiger partial charge on any atom is 0.307 e. The first-order chi connectivity index (χ1) is 8.58. The Bertz CT molecular complexity index is 464. The summed E-state index contributed by atoms with van der Waals surface area (Å²) in [6.45, 7) is 0.716. The van der Waals surface area contributed by atoms with Crippen molar-refractivity contribution >= 4 is 5.69 Å². The van der Waals surface area contributed by atoms with E-state index in [-0.39, 0.29) is 12.4 Å². The molecule has 2 rings (SSSR count). The maximum absolute atomic E-state index is 13.4. The van der Waals surface area contributed by atoms with E-state index in [1.54, 1.807) is 0 Å². The standard InChI is InChI=1S/C11H12F2N2O3/c12-8-6-11(9(13)5-10(8)15(16)17)18-4-3-14-7-1-2-7/h5-7,14H,1-4H2. The molecule has 0 unspecified atom stereocenters. The molecule has 1 N–H and O–H groups in total. The van der Waals surface area contributed by atoms with Gasteiger partial charge >= 0.3 is 5.69 Å². The van der Waals surface area contributed by atoms with Crippen molar-refractivity contribution in [2.24, 2.45) is 0 Å². The topological polar surface area (TPSA) is 64.4 Å². The minimum Gasteiger partial charge on any atom is -0.489 e. The SMILES string of the molecule is O=[N+]([O-])c1cc(F)c(OCCNC2CC2)cc1F. The smallest absolute Gasteiger partial charge is 0.307 e. The van der Waals surface area contributed by atoms with Gasteiger partial charge in [-0.2, -0.15) is 4.39 Å². The molecule has 0 aromatic heterocycles. The number of nitro groups is 1. The molecule has 1 aromatic carbocycles. The number of nitrogens with zero attached hydrogens (tertiary/aromatic N) is 1. The van der Waals surface area contributed by atoms with Crippen LogP contribution in [0.15, 0.2) is 12.1 Å². The number of halogens is 2. The highest BCUT2D eigenvalue weighted by Crippen LogP contribution is 2.26. The summed E-state index contributed by atoms with van der Waals surface area (Å²) < 4.78 is 31.6. The van der Waals surface area contributed by atoms with E-state index in [0.717, 1.165) is 12.8 Å². The summed E-state index contributed by atoms with van der Waals surface area (Å²) in [5, 5.41) is 13.5. The van der Waals surface area contributed by atoms with Gasteiger partial charge in [0.25, 0.3) is 0 Å². The highest BCUT2D eigenvalue weighted by Gasteiger charge is 2.21. The summed E-state index contributed by atoms with van der Waals surface area (Å²) in [7, 11) is 0. The number of nitro benzene ring substituents is 1. The molecular weight excluding hydrogens is 246 g/mol. The fourth-order valence-electron chi connectivity index (χ4n) is 1.48. The van der Waals surface area contributed by atoms with E-state index in [4.69, 9.17) is 4.74 Å². The number of hydrogen-bond acceptors (Lipinski definition) is 4. The first kappa shape index (κ1) is 12.7. The van der Waals surface area contributed by atoms with Crippen molar-refractivity contribution in [1.29, 1.82) is 0 Å². The van der Waals surface area contributed by atoms with Crippen LogP contribution in [-0.2, 0) is 0 Å². The van der Waals surface area contributed by atoms with Gasteiger partial charge in [-0.1, -0.05) is 0 Å². The fourth-order valence-corrected chi connectivity index (χ4v) is 1.48. The van der Waals surface area contributed by atoms with Gasteiger partial charge < -0.3 is 10.1 Å². The molecule has 0 radical (unpaired) electrons. The molecule has 7 heteroatoms. The van der Waals surface area contributed by atoms with Gasteiger partial charge in [0, 0.05) is 18.7 Å². The monoisotopic (exact) mass is 258 g/mol. The summed E-state index contributed by atoms with van der Waals surface area (Å²) >= 11 is 0. The zero-order chi connectivity index (χ0) is 13.1. The van der Waals surface area contributed by atoms with Gasteiger partial charge in [-0.05, 0) is 12.8 Å². The quantitative estimate of drug-likeness (QED) is 0.481. The van der Waals surface area contributed by atoms with E-state index in [0.29, 0.717) is 24.7 Å². The van der Waals surface area contributed by atoms with Crippen molar-refractivity contribution in [1.82, 2.24) is 5.32 Å². The molecule has 0 bridgehead atoms. The molecule has 5 nitrogen and oxygen atoms in total. The van der Waals surface area contributed by atoms with Crippen LogP contribution in [0.2, 0.25) is 0 Å². The van der Waals surface area contributed by atoms with E-state index in [1.165, 1.54) is 0 Å². The van der Waals surface area contributed by atoms with Crippen LogP contribution < -0.4 is 10.1 Å². The minimum atomic E-state index is -1.11. The Hall–Kier alpha value is -1.76. The third-order valence-corrected chi connectivity index (χ3v) is 2.57. The van der Waals surface area contributed by atoms with E-state index >= 15 is 0 Å². The van der Waals surface area contributed by atoms with Crippen LogP contribution in [0.5, 0.6) is 5.75 Å². The molecule has 98 valence electrons. The first-order valence-electron chi connectivity index (χ1n) is 5.57. The lowest BCUT2D eigenvalue weighted by Gasteiger charge is -2.08. The van der Waals surface area contributed by atoms with Gasteiger partial charge in [-0.3, -0.25) is 10.1 Å². The summed E-state index contributed by atoms with van der Waals surface area (Å²) in [6, 6.07) is 1.73. The molecule has 0 atom stereocenters. The molecule has 1 aliphatic carbocycles. The zero-order valence-electron chi connectivity index (χ0n) is 9.49. The molecule has 0 amide bonds. The van der Waals surface area contributed by atoms with Gasteiger partial charge in [0.1, 0.15) is 6.61 Å². The lowest BCUT2D eigenvalue weighted by atomic mass is 10.3. The van der Waals surface area contributed by atoms with Crippen LogP contribution in [0, 0.1) is 21.7 Å². The normalized spacial score (nSPS) is 14.6. The van der Waals surface area contributed by atoms with Crippen LogP contribution in [0.3, 0.4) is 0 Å². The molecular formula is C11H12F2N2O3. The van der Waals surface area contributed by atoms with Crippen molar-refractivity contribution in [3.05, 3.63) is 33.9 Å². The summed E-state index contributed by atoms with van der Waals surface area (Å²) in [5.41, 5.74) is -0.893. The second-order valence-electron chi connectivity index (χ2n) is 4.07. The Morgan fingerprint density at radius 3 is 2.72 bits per heavy atom. The molecule has 1 fully saturated rings. The Kier molecular flexibility index (Phi) is 3.71. The largest absolute Gasteiger partial charge is 0.489 e. The van der Waals surface area contributed by atoms with Crippen LogP contribution in [0.1, 0.15) is 12.8 Å². The van der Waals surface area contributed by atoms with Gasteiger partial charge in [-0.25, -0.2) is 4.39 Å². The third kappa shape index (κ3) is 3.13. The van der Waals surface area contributed by atoms with Gasteiger partial charge in [0.05, 0.1) is 11.0 Å². The molecule has 1 aromatic rings. The Labute approximate surface area is 102 Å². The summed E-state index contributed by atoms with van der Waals surface area (Å²) in [5.74, 6) is -2.35. The van der Waals surface area contributed by atoms with E-state index in [1.807, 2.05) is 0 Å². The minimum absolute atomic E-state index is 0.185. The van der Waals surface area contributed by atoms with Crippen LogP contribution >= 0.6 is 0 Å². The molecule has 18 heavy (non-hydrogen) atoms. The lowest BCUT2D eigenvalue weighted by molar-refractivity contribution is -0.387. The molecule has 0 aliphatic heterocycles. The zero-order valence-corrected chi connectivity index (χ0v) is 9.49. The predicted molar refractivity (Wildman–Crippen MR) is 59.5 cm³/mol. The second kappa shape index (κ2) is 5.26. The average Bonchev–Trinajstić information content (AvgIpc) is 3.12. The number of benzene rings is 1. The average molecular weight is 258 g/mol. The van der Waals surface area contributed by atoms with E-state index in [9.17, 15) is 18.9 Å². The van der Waals surface area contributed by atoms with Crippen LogP contribution in [0.4, 0.5) is 14.5 Å². The number of nitrogens with one attached hydrogen (secondary N) is 1. The predicted octanol–water partition coefficient (Wildman–Crippen LogP) is 2.00. The van der Waals surface area contributed by atoms with Crippen molar-refractivity contribution in [3.63, 3.8) is 0 Å². The molecule has 0 spiro atoms. The van der Waals surface area contributed by atoms with Gasteiger partial charge in [0.15, 0.2) is 11.6 Å². The highest BCUT2D eigenvalue weighted by atomic mass is 19.1. The van der Waals surface area contributed by atoms with Crippen molar-refractivity contribution in [2.45, 2.75) is 18.9 Å². The number of hydrogen-bond donors (Lipinski definition) is 1. The Morgan fingerprint density at radius 2 is 2.11 bits per heavy atom. The molecule has 0 saturated heterocycles. The van der Waals surface area contributed by atoms with Crippen molar-refractivity contribution in [2.75, 3.05) is 13.2 Å². The molecule has 0 heterocycles. The van der Waals surface area contributed by atoms with E-state index < -0.39 is 22.2 Å². The van der Waals surface area contributed by atoms with Gasteiger partial charge in [0.2, 0.25) is 5.82 Å². The second-order valence-corrected chi connectivity index (χ2v) is 4.07.